The van der Waals surface area contributed by atoms with Gasteiger partial charge in [-0.15, -0.1) is 11.3 Å². The Kier molecular flexibility index (Phi) is 3.41. The predicted molar refractivity (Wildman–Crippen MR) is 61.0 cm³/mol. The Morgan fingerprint density at radius 2 is 2.53 bits per heavy atom. The van der Waals surface area contributed by atoms with Gasteiger partial charge >= 0.3 is 0 Å². The molecule has 0 aliphatic heterocycles. The van der Waals surface area contributed by atoms with Crippen molar-refractivity contribution in [3.63, 3.8) is 0 Å². The number of rotatable bonds is 3. The average molecular weight is 227 g/mol. The first-order valence-corrected chi connectivity index (χ1v) is 6.09. The third kappa shape index (κ3) is 2.08. The van der Waals surface area contributed by atoms with Gasteiger partial charge in [0, 0.05) is 16.9 Å². The van der Waals surface area contributed by atoms with Crippen LogP contribution in [0.4, 0.5) is 0 Å². The van der Waals surface area contributed by atoms with Crippen LogP contribution >= 0.6 is 11.3 Å². The minimum atomic E-state index is -0.238. The lowest BCUT2D eigenvalue weighted by atomic mass is 9.96. The van der Waals surface area contributed by atoms with Gasteiger partial charge in [0.1, 0.15) is 0 Å². The van der Waals surface area contributed by atoms with E-state index in [0.717, 1.165) is 17.7 Å². The van der Waals surface area contributed by atoms with Crippen LogP contribution in [0.1, 0.15) is 40.3 Å². The van der Waals surface area contributed by atoms with Gasteiger partial charge in [0.2, 0.25) is 0 Å². The largest absolute Gasteiger partial charge is 0.394 e. The van der Waals surface area contributed by atoms with Crippen LogP contribution in [0.15, 0.2) is 6.07 Å². The summed E-state index contributed by atoms with van der Waals surface area (Å²) in [4.78, 5) is 2.46. The molecule has 0 fully saturated rings. The lowest BCUT2D eigenvalue weighted by Crippen LogP contribution is -2.12. The highest BCUT2D eigenvalue weighted by Gasteiger charge is 2.23. The number of methoxy groups -OCH3 is 1. The predicted octanol–water partition coefficient (Wildman–Crippen LogP) is 1.76. The van der Waals surface area contributed by atoms with Crippen molar-refractivity contribution in [1.29, 1.82) is 0 Å². The van der Waals surface area contributed by atoms with Gasteiger partial charge in [-0.3, -0.25) is 0 Å². The first-order chi connectivity index (χ1) is 7.26. The van der Waals surface area contributed by atoms with Gasteiger partial charge in [0.15, 0.2) is 0 Å². The highest BCUT2D eigenvalue weighted by atomic mass is 32.1. The molecule has 0 radical (unpaired) electrons. The molecule has 1 aromatic heterocycles. The quantitative estimate of drug-likeness (QED) is 0.827. The van der Waals surface area contributed by atoms with Gasteiger partial charge in [-0.1, -0.05) is 0 Å². The first kappa shape index (κ1) is 11.1. The van der Waals surface area contributed by atoms with Crippen LogP contribution in [-0.4, -0.2) is 18.8 Å². The van der Waals surface area contributed by atoms with Crippen LogP contribution in [-0.2, 0) is 11.2 Å². The molecule has 4 heteroatoms. The Morgan fingerprint density at radius 3 is 3.20 bits per heavy atom. The third-order valence-corrected chi connectivity index (χ3v) is 4.27. The highest BCUT2D eigenvalue weighted by Crippen LogP contribution is 2.38. The smallest absolute Gasteiger partial charge is 0.0832 e. The summed E-state index contributed by atoms with van der Waals surface area (Å²) in [6, 6.07) is 1.87. The molecule has 0 aromatic carbocycles. The van der Waals surface area contributed by atoms with Crippen LogP contribution in [0.3, 0.4) is 0 Å². The minimum absolute atomic E-state index is 0.0110. The zero-order valence-electron chi connectivity index (χ0n) is 8.90. The van der Waals surface area contributed by atoms with E-state index in [1.165, 1.54) is 16.9 Å². The molecule has 2 atom stereocenters. The number of hydrogen-bond acceptors (Lipinski definition) is 4. The fourth-order valence-electron chi connectivity index (χ4n) is 2.05. The van der Waals surface area contributed by atoms with Crippen molar-refractivity contribution in [3.8, 4) is 0 Å². The zero-order valence-corrected chi connectivity index (χ0v) is 9.72. The SMILES string of the molecule is COC1CCCc2sc(C(N)CO)cc21. The number of aryl methyl sites for hydroxylation is 1. The number of fused-ring (bicyclic) bond motifs is 1. The van der Waals surface area contributed by atoms with Gasteiger partial charge < -0.3 is 15.6 Å². The van der Waals surface area contributed by atoms with E-state index in [-0.39, 0.29) is 18.8 Å². The van der Waals surface area contributed by atoms with Crippen LogP contribution in [0.25, 0.3) is 0 Å². The molecule has 0 saturated heterocycles. The molecule has 1 heterocycles. The topological polar surface area (TPSA) is 55.5 Å². The molecule has 15 heavy (non-hydrogen) atoms. The van der Waals surface area contributed by atoms with Gasteiger partial charge in [-0.25, -0.2) is 0 Å². The van der Waals surface area contributed by atoms with E-state index in [2.05, 4.69) is 6.07 Å². The summed E-state index contributed by atoms with van der Waals surface area (Å²) in [6.45, 7) is 0.0110. The lowest BCUT2D eigenvalue weighted by Gasteiger charge is -2.20. The summed E-state index contributed by atoms with van der Waals surface area (Å²) in [6.07, 6.45) is 3.62. The summed E-state index contributed by atoms with van der Waals surface area (Å²) in [5, 5.41) is 9.02. The van der Waals surface area contributed by atoms with Crippen LogP contribution in [0, 0.1) is 0 Å². The fraction of sp³-hybridized carbons (Fsp3) is 0.636. The zero-order chi connectivity index (χ0) is 10.8. The fourth-order valence-corrected chi connectivity index (χ4v) is 3.30. The number of ether oxygens (including phenoxy) is 1. The molecule has 0 spiro atoms. The Morgan fingerprint density at radius 1 is 1.73 bits per heavy atom. The van der Waals surface area contributed by atoms with Crippen molar-refractivity contribution < 1.29 is 9.84 Å². The monoisotopic (exact) mass is 227 g/mol. The van der Waals surface area contributed by atoms with Crippen LogP contribution in [0.2, 0.25) is 0 Å². The number of hydrogen-bond donors (Lipinski definition) is 2. The molecule has 2 unspecified atom stereocenters. The molecule has 3 nitrogen and oxygen atoms in total. The van der Waals surface area contributed by atoms with Gasteiger partial charge in [0.25, 0.3) is 0 Å². The molecule has 1 aliphatic rings. The summed E-state index contributed by atoms with van der Waals surface area (Å²) in [5.41, 5.74) is 7.10. The van der Waals surface area contributed by atoms with Crippen molar-refractivity contribution in [2.24, 2.45) is 5.73 Å². The maximum atomic E-state index is 9.02. The van der Waals surface area contributed by atoms with E-state index in [1.54, 1.807) is 18.4 Å². The molecule has 0 amide bonds. The third-order valence-electron chi connectivity index (χ3n) is 2.92. The van der Waals surface area contributed by atoms with Gasteiger partial charge in [-0.05, 0) is 30.9 Å². The van der Waals surface area contributed by atoms with Gasteiger partial charge in [-0.2, -0.15) is 0 Å². The number of thiophene rings is 1. The first-order valence-electron chi connectivity index (χ1n) is 5.28. The van der Waals surface area contributed by atoms with Crippen molar-refractivity contribution in [3.05, 3.63) is 21.4 Å². The van der Waals surface area contributed by atoms with Crippen molar-refractivity contribution in [2.75, 3.05) is 13.7 Å². The molecular weight excluding hydrogens is 210 g/mol. The second-order valence-corrected chi connectivity index (χ2v) is 5.10. The molecule has 1 aromatic rings. The van der Waals surface area contributed by atoms with E-state index in [9.17, 15) is 0 Å². The van der Waals surface area contributed by atoms with Crippen molar-refractivity contribution in [1.82, 2.24) is 0 Å². The van der Waals surface area contributed by atoms with Crippen LogP contribution < -0.4 is 5.73 Å². The van der Waals surface area contributed by atoms with E-state index >= 15 is 0 Å². The summed E-state index contributed by atoms with van der Waals surface area (Å²) >= 11 is 1.72. The van der Waals surface area contributed by atoms with E-state index in [0.29, 0.717) is 0 Å². The van der Waals surface area contributed by atoms with E-state index in [1.807, 2.05) is 0 Å². The number of aliphatic hydroxyl groups excluding tert-OH is 1. The van der Waals surface area contributed by atoms with Gasteiger partial charge in [0.05, 0.1) is 18.8 Å². The Bertz CT molecular complexity index is 337. The molecule has 3 N–H and O–H groups in total. The summed E-state index contributed by atoms with van der Waals surface area (Å²) in [7, 11) is 1.75. The van der Waals surface area contributed by atoms with Crippen molar-refractivity contribution >= 4 is 11.3 Å². The minimum Gasteiger partial charge on any atom is -0.394 e. The molecule has 0 bridgehead atoms. The molecule has 84 valence electrons. The maximum absolute atomic E-state index is 9.02. The maximum Gasteiger partial charge on any atom is 0.0832 e. The second kappa shape index (κ2) is 4.61. The number of nitrogens with two attached hydrogens (primary N) is 1. The second-order valence-electron chi connectivity index (χ2n) is 3.93. The Balaban J connectivity index is 2.29. The van der Waals surface area contributed by atoms with Crippen LogP contribution in [0.5, 0.6) is 0 Å². The average Bonchev–Trinajstić information content (AvgIpc) is 2.71. The molecule has 0 saturated carbocycles. The number of aliphatic hydroxyl groups is 1. The molecule has 2 rings (SSSR count). The summed E-state index contributed by atoms with van der Waals surface area (Å²) in [5.74, 6) is 0. The summed E-state index contributed by atoms with van der Waals surface area (Å²) < 4.78 is 5.45. The Hall–Kier alpha value is -0.420. The lowest BCUT2D eigenvalue weighted by molar-refractivity contribution is 0.0888. The van der Waals surface area contributed by atoms with E-state index < -0.39 is 0 Å². The molecular formula is C11H17NO2S. The normalized spacial score (nSPS) is 22.5. The Labute approximate surface area is 93.9 Å². The highest BCUT2D eigenvalue weighted by molar-refractivity contribution is 7.12. The van der Waals surface area contributed by atoms with Crippen molar-refractivity contribution in [2.45, 2.75) is 31.4 Å². The van der Waals surface area contributed by atoms with E-state index in [4.69, 9.17) is 15.6 Å². The molecule has 1 aliphatic carbocycles. The standard InChI is InChI=1S/C11H17NO2S/c1-14-9-3-2-4-10-7(9)5-11(15-10)8(12)6-13/h5,8-9,13H,2-4,6,12H2,1H3.